The smallest absolute Gasteiger partial charge is 0.133 e. The lowest BCUT2D eigenvalue weighted by molar-refractivity contribution is -0.0665. The Morgan fingerprint density at radius 3 is 2.42 bits per heavy atom. The highest BCUT2D eigenvalue weighted by Crippen LogP contribution is 2.72. The van der Waals surface area contributed by atoms with Gasteiger partial charge in [-0.15, -0.1) is 0 Å². The highest BCUT2D eigenvalue weighted by molar-refractivity contribution is 5.38. The number of allylic oxidation sites excluding steroid dienone is 3. The van der Waals surface area contributed by atoms with Gasteiger partial charge in [-0.25, -0.2) is 0 Å². The largest absolute Gasteiger partial charge is 0.390 e. The van der Waals surface area contributed by atoms with Crippen LogP contribution >= 0.6 is 0 Å². The number of hydrogen-bond acceptors (Lipinski definition) is 3. The zero-order valence-corrected chi connectivity index (χ0v) is 20.5. The summed E-state index contributed by atoms with van der Waals surface area (Å²) in [6.07, 6.45) is 12.8. The Morgan fingerprint density at radius 1 is 0.968 bits per heavy atom. The van der Waals surface area contributed by atoms with Gasteiger partial charge in [-0.05, 0) is 79.4 Å². The molecule has 4 fully saturated rings. The fourth-order valence-electron chi connectivity index (χ4n) is 8.65. The van der Waals surface area contributed by atoms with Gasteiger partial charge < -0.3 is 14.9 Å². The lowest BCUT2D eigenvalue weighted by atomic mass is 9.47. The first kappa shape index (κ1) is 22.2. The second-order valence-corrected chi connectivity index (χ2v) is 12.6. The standard InChI is InChI=1S/C28H44O3/c1-16(2)17(3)7-8-18(4)20-9-10-21-19-15-24(30)28-25(31-28)23(29)12-14-27(28,6)22(19)11-13-26(20,21)5/h7-8,15-18,20-25,29-30H,9-14H2,1-6H3/b8-7+/t17-,18+,20+,21-,22-,23-,24+,25+,26+,27+,28+/m0/s1. The van der Waals surface area contributed by atoms with Crippen molar-refractivity contribution in [3.05, 3.63) is 23.8 Å². The maximum absolute atomic E-state index is 11.3. The van der Waals surface area contributed by atoms with Crippen molar-refractivity contribution in [2.24, 2.45) is 46.3 Å². The van der Waals surface area contributed by atoms with Crippen molar-refractivity contribution in [3.8, 4) is 0 Å². The quantitative estimate of drug-likeness (QED) is 0.458. The van der Waals surface area contributed by atoms with E-state index in [1.807, 2.05) is 0 Å². The molecule has 3 heteroatoms. The number of aliphatic hydroxyl groups excluding tert-OH is 2. The van der Waals surface area contributed by atoms with Gasteiger partial charge in [0.1, 0.15) is 17.8 Å². The molecule has 4 aliphatic carbocycles. The zero-order valence-electron chi connectivity index (χ0n) is 20.5. The van der Waals surface area contributed by atoms with E-state index in [0.29, 0.717) is 40.9 Å². The van der Waals surface area contributed by atoms with E-state index in [-0.39, 0.29) is 11.5 Å². The Kier molecular flexibility index (Phi) is 5.13. The first-order valence-electron chi connectivity index (χ1n) is 13.0. The van der Waals surface area contributed by atoms with E-state index in [1.165, 1.54) is 31.3 Å². The number of hydrogen-bond donors (Lipinski definition) is 2. The van der Waals surface area contributed by atoms with Gasteiger partial charge in [-0.1, -0.05) is 65.3 Å². The fourth-order valence-corrected chi connectivity index (χ4v) is 8.65. The Morgan fingerprint density at radius 2 is 1.71 bits per heavy atom. The van der Waals surface area contributed by atoms with Crippen LogP contribution in [0, 0.1) is 46.3 Å². The Labute approximate surface area is 189 Å². The SMILES string of the molecule is CC(C)[C@@H](C)/C=C/[C@@H](C)[C@H]1CC[C@H]2C3=C[C@@H](O)[C@@]45O[C@@H]4[C@@H](O)CC[C@]5(C)[C@H]3CC[C@]12C. The summed E-state index contributed by atoms with van der Waals surface area (Å²) < 4.78 is 6.16. The molecule has 0 unspecified atom stereocenters. The molecule has 5 aliphatic rings. The molecule has 1 saturated heterocycles. The summed E-state index contributed by atoms with van der Waals surface area (Å²) in [5.74, 6) is 3.72. The van der Waals surface area contributed by atoms with Gasteiger partial charge in [0.15, 0.2) is 0 Å². The normalized spacial score (nSPS) is 52.7. The van der Waals surface area contributed by atoms with E-state index in [0.717, 1.165) is 12.8 Å². The minimum absolute atomic E-state index is 0.0436. The van der Waals surface area contributed by atoms with Crippen LogP contribution in [0.1, 0.15) is 80.1 Å². The first-order valence-corrected chi connectivity index (χ1v) is 13.0. The number of aliphatic hydroxyl groups is 2. The third-order valence-electron chi connectivity index (χ3n) is 11.0. The lowest BCUT2D eigenvalue weighted by Gasteiger charge is -2.57. The molecule has 0 radical (unpaired) electrons. The zero-order chi connectivity index (χ0) is 22.3. The molecule has 1 heterocycles. The van der Waals surface area contributed by atoms with Gasteiger partial charge in [0, 0.05) is 5.41 Å². The van der Waals surface area contributed by atoms with Crippen LogP contribution in [-0.4, -0.2) is 34.1 Å². The van der Waals surface area contributed by atoms with Crippen molar-refractivity contribution < 1.29 is 14.9 Å². The predicted octanol–water partition coefficient (Wildman–Crippen LogP) is 5.51. The van der Waals surface area contributed by atoms with E-state index in [4.69, 9.17) is 4.74 Å². The van der Waals surface area contributed by atoms with E-state index >= 15 is 0 Å². The van der Waals surface area contributed by atoms with Crippen LogP contribution < -0.4 is 0 Å². The van der Waals surface area contributed by atoms with Crippen LogP contribution in [0.25, 0.3) is 0 Å². The molecule has 11 atom stereocenters. The van der Waals surface area contributed by atoms with E-state index in [2.05, 4.69) is 59.8 Å². The highest BCUT2D eigenvalue weighted by Gasteiger charge is 2.78. The van der Waals surface area contributed by atoms with Gasteiger partial charge in [-0.2, -0.15) is 0 Å². The van der Waals surface area contributed by atoms with Gasteiger partial charge >= 0.3 is 0 Å². The van der Waals surface area contributed by atoms with Crippen molar-refractivity contribution in [2.75, 3.05) is 0 Å². The van der Waals surface area contributed by atoms with Gasteiger partial charge in [0.25, 0.3) is 0 Å². The van der Waals surface area contributed by atoms with E-state index < -0.39 is 17.8 Å². The van der Waals surface area contributed by atoms with Gasteiger partial charge in [-0.3, -0.25) is 0 Å². The summed E-state index contributed by atoms with van der Waals surface area (Å²) in [6.45, 7) is 14.3. The molecular weight excluding hydrogens is 384 g/mol. The summed E-state index contributed by atoms with van der Waals surface area (Å²) in [5, 5.41) is 21.7. The highest BCUT2D eigenvalue weighted by atomic mass is 16.6. The molecule has 0 aromatic heterocycles. The van der Waals surface area contributed by atoms with E-state index in [9.17, 15) is 10.2 Å². The lowest BCUT2D eigenvalue weighted by Crippen LogP contribution is -2.60. The van der Waals surface area contributed by atoms with Crippen LogP contribution in [0.4, 0.5) is 0 Å². The molecule has 3 nitrogen and oxygen atoms in total. The van der Waals surface area contributed by atoms with Gasteiger partial charge in [0.2, 0.25) is 0 Å². The third kappa shape index (κ3) is 2.88. The van der Waals surface area contributed by atoms with Crippen molar-refractivity contribution >= 4 is 0 Å². The number of rotatable bonds is 4. The summed E-state index contributed by atoms with van der Waals surface area (Å²) >= 11 is 0. The summed E-state index contributed by atoms with van der Waals surface area (Å²) in [7, 11) is 0. The maximum Gasteiger partial charge on any atom is 0.133 e. The van der Waals surface area contributed by atoms with Gasteiger partial charge in [0.05, 0.1) is 6.10 Å². The number of fused-ring (bicyclic) bond motifs is 4. The third-order valence-corrected chi connectivity index (χ3v) is 11.0. The molecule has 174 valence electrons. The first-order chi connectivity index (χ1) is 14.6. The summed E-state index contributed by atoms with van der Waals surface area (Å²) in [6, 6.07) is 0. The molecule has 0 aromatic rings. The molecule has 0 aromatic carbocycles. The minimum Gasteiger partial charge on any atom is -0.390 e. The molecule has 3 saturated carbocycles. The minimum atomic E-state index is -0.575. The van der Waals surface area contributed by atoms with Crippen LogP contribution in [0.5, 0.6) is 0 Å². The fraction of sp³-hybridized carbons (Fsp3) is 0.857. The summed E-state index contributed by atoms with van der Waals surface area (Å²) in [5.41, 5.74) is 1.28. The number of epoxide rings is 1. The Balaban J connectivity index is 1.42. The molecule has 5 rings (SSSR count). The Hall–Kier alpha value is -0.640. The second-order valence-electron chi connectivity index (χ2n) is 12.6. The van der Waals surface area contributed by atoms with E-state index in [1.54, 1.807) is 0 Å². The molecule has 1 spiro atoms. The van der Waals surface area contributed by atoms with Crippen LogP contribution in [0.2, 0.25) is 0 Å². The van der Waals surface area contributed by atoms with Crippen LogP contribution in [0.15, 0.2) is 23.8 Å². The monoisotopic (exact) mass is 428 g/mol. The van der Waals surface area contributed by atoms with Crippen LogP contribution in [0.3, 0.4) is 0 Å². The molecule has 2 N–H and O–H groups in total. The van der Waals surface area contributed by atoms with Crippen molar-refractivity contribution in [2.45, 2.75) is 104 Å². The Bertz CT molecular complexity index is 785. The molecule has 0 amide bonds. The molecule has 0 bridgehead atoms. The second kappa shape index (κ2) is 7.18. The average molecular weight is 429 g/mol. The molecule has 1 aliphatic heterocycles. The van der Waals surface area contributed by atoms with Crippen molar-refractivity contribution in [3.63, 3.8) is 0 Å². The topological polar surface area (TPSA) is 53.0 Å². The van der Waals surface area contributed by atoms with Crippen molar-refractivity contribution in [1.82, 2.24) is 0 Å². The molecule has 31 heavy (non-hydrogen) atoms. The average Bonchev–Trinajstić information content (AvgIpc) is 3.40. The summed E-state index contributed by atoms with van der Waals surface area (Å²) in [4.78, 5) is 0. The van der Waals surface area contributed by atoms with Crippen LogP contribution in [-0.2, 0) is 4.74 Å². The predicted molar refractivity (Wildman–Crippen MR) is 124 cm³/mol. The number of ether oxygens (including phenoxy) is 1. The molecular formula is C28H44O3. The van der Waals surface area contributed by atoms with Crippen molar-refractivity contribution in [1.29, 1.82) is 0 Å². The maximum atomic E-state index is 11.3.